The molecule has 0 radical (unpaired) electrons. The topological polar surface area (TPSA) is 71.5 Å². The van der Waals surface area contributed by atoms with E-state index < -0.39 is 5.60 Å². The van der Waals surface area contributed by atoms with Gasteiger partial charge in [-0.25, -0.2) is 4.98 Å². The Balaban J connectivity index is 1.80. The van der Waals surface area contributed by atoms with Gasteiger partial charge in [-0.05, 0) is 59.5 Å². The van der Waals surface area contributed by atoms with Crippen LogP contribution in [-0.2, 0) is 4.79 Å². The summed E-state index contributed by atoms with van der Waals surface area (Å²) in [7, 11) is 1.53. The quantitative estimate of drug-likeness (QED) is 0.783. The lowest BCUT2D eigenvalue weighted by molar-refractivity contribution is -0.160. The fourth-order valence-electron chi connectivity index (χ4n) is 3.28. The maximum atomic E-state index is 12.8. The van der Waals surface area contributed by atoms with Gasteiger partial charge in [-0.3, -0.25) is 4.79 Å². The molecule has 1 aromatic heterocycles. The summed E-state index contributed by atoms with van der Waals surface area (Å²) in [5.74, 6) is 0.303. The van der Waals surface area contributed by atoms with Crippen molar-refractivity contribution in [1.82, 2.24) is 4.98 Å². The maximum Gasteiger partial charge on any atom is 0.256 e. The summed E-state index contributed by atoms with van der Waals surface area (Å²) in [6.45, 7) is 0. The zero-order valence-corrected chi connectivity index (χ0v) is 14.2. The third-order valence-corrected chi connectivity index (χ3v) is 5.46. The number of hydrogen-bond acceptors (Lipinski definition) is 4. The van der Waals surface area contributed by atoms with Gasteiger partial charge in [0.1, 0.15) is 10.2 Å². The van der Waals surface area contributed by atoms with Crippen LogP contribution in [0.15, 0.2) is 16.7 Å². The molecule has 2 saturated carbocycles. The number of nitrogens with one attached hydrogen (secondary N) is 1. The van der Waals surface area contributed by atoms with Gasteiger partial charge in [-0.2, -0.15) is 0 Å². The van der Waals surface area contributed by atoms with Gasteiger partial charge in [0.05, 0.1) is 7.11 Å². The largest absolute Gasteiger partial charge is 0.481 e. The van der Waals surface area contributed by atoms with E-state index in [1.54, 1.807) is 12.1 Å². The van der Waals surface area contributed by atoms with Gasteiger partial charge in [0.15, 0.2) is 0 Å². The maximum absolute atomic E-state index is 12.8. The summed E-state index contributed by atoms with van der Waals surface area (Å²) >= 11 is 3.30. The van der Waals surface area contributed by atoms with Gasteiger partial charge in [-0.15, -0.1) is 0 Å². The molecule has 2 aliphatic rings. The molecule has 0 bridgehead atoms. The molecule has 0 aromatic carbocycles. The molecule has 0 saturated heterocycles. The third kappa shape index (κ3) is 2.74. The van der Waals surface area contributed by atoms with Gasteiger partial charge in [0, 0.05) is 11.8 Å². The van der Waals surface area contributed by atoms with E-state index in [2.05, 4.69) is 26.2 Å². The van der Waals surface area contributed by atoms with E-state index in [0.29, 0.717) is 16.2 Å². The SMILES string of the molecule is COc1cc(NC(=O)C(O)(C2CCC2)C2CCC2)cc(Br)n1. The molecule has 1 amide bonds. The van der Waals surface area contributed by atoms with E-state index in [-0.39, 0.29) is 17.7 Å². The second kappa shape index (κ2) is 6.16. The number of hydrogen-bond donors (Lipinski definition) is 2. The molecule has 2 fully saturated rings. The second-order valence-electron chi connectivity index (χ2n) is 6.26. The minimum absolute atomic E-state index is 0.0879. The Morgan fingerprint density at radius 3 is 2.36 bits per heavy atom. The van der Waals surface area contributed by atoms with E-state index >= 15 is 0 Å². The average molecular weight is 369 g/mol. The van der Waals surface area contributed by atoms with Gasteiger partial charge in [0.25, 0.3) is 5.91 Å². The number of carbonyl (C=O) groups is 1. The first-order chi connectivity index (χ1) is 10.5. The molecule has 3 rings (SSSR count). The van der Waals surface area contributed by atoms with Gasteiger partial charge in [0.2, 0.25) is 5.88 Å². The van der Waals surface area contributed by atoms with Crippen LogP contribution in [0.2, 0.25) is 0 Å². The van der Waals surface area contributed by atoms with E-state index in [1.165, 1.54) is 7.11 Å². The number of aliphatic hydroxyl groups is 1. The normalized spacial score (nSPS) is 19.2. The highest BCUT2D eigenvalue weighted by Crippen LogP contribution is 2.47. The summed E-state index contributed by atoms with van der Waals surface area (Å²) in [5.41, 5.74) is -0.653. The molecule has 2 N–H and O–H groups in total. The predicted octanol–water partition coefficient (Wildman–Crippen LogP) is 3.12. The molecule has 120 valence electrons. The Hall–Kier alpha value is -1.14. The molecule has 6 heteroatoms. The first-order valence-corrected chi connectivity index (χ1v) is 8.58. The fraction of sp³-hybridized carbons (Fsp3) is 0.625. The van der Waals surface area contributed by atoms with Crippen molar-refractivity contribution in [2.75, 3.05) is 12.4 Å². The highest BCUT2D eigenvalue weighted by molar-refractivity contribution is 9.10. The van der Waals surface area contributed by atoms with Crippen LogP contribution in [0.1, 0.15) is 38.5 Å². The average Bonchev–Trinajstić information content (AvgIpc) is 2.33. The van der Waals surface area contributed by atoms with Crippen LogP contribution >= 0.6 is 15.9 Å². The van der Waals surface area contributed by atoms with Crippen molar-refractivity contribution in [2.45, 2.75) is 44.1 Å². The van der Waals surface area contributed by atoms with Crippen molar-refractivity contribution in [2.24, 2.45) is 11.8 Å². The zero-order chi connectivity index (χ0) is 15.7. The Labute approximate surface area is 138 Å². The van der Waals surface area contributed by atoms with Gasteiger partial charge in [-0.1, -0.05) is 12.8 Å². The lowest BCUT2D eigenvalue weighted by Gasteiger charge is -2.48. The number of pyridine rings is 1. The first-order valence-electron chi connectivity index (χ1n) is 7.79. The minimum Gasteiger partial charge on any atom is -0.481 e. The van der Waals surface area contributed by atoms with Crippen molar-refractivity contribution < 1.29 is 14.6 Å². The van der Waals surface area contributed by atoms with Crippen LogP contribution in [0.4, 0.5) is 5.69 Å². The highest BCUT2D eigenvalue weighted by Gasteiger charge is 2.53. The van der Waals surface area contributed by atoms with Crippen molar-refractivity contribution in [1.29, 1.82) is 0 Å². The minimum atomic E-state index is -1.24. The smallest absolute Gasteiger partial charge is 0.256 e. The van der Waals surface area contributed by atoms with Crippen LogP contribution in [0.3, 0.4) is 0 Å². The molecule has 0 spiro atoms. The molecule has 0 atom stereocenters. The van der Waals surface area contributed by atoms with Crippen molar-refractivity contribution in [3.8, 4) is 5.88 Å². The van der Waals surface area contributed by atoms with E-state index in [9.17, 15) is 9.90 Å². The molecule has 0 unspecified atom stereocenters. The number of carbonyl (C=O) groups excluding carboxylic acids is 1. The Kier molecular flexibility index (Phi) is 4.41. The lowest BCUT2D eigenvalue weighted by Crippen LogP contribution is -2.58. The van der Waals surface area contributed by atoms with Crippen LogP contribution in [0.5, 0.6) is 5.88 Å². The molecular formula is C16H21BrN2O3. The number of anilines is 1. The van der Waals surface area contributed by atoms with Crippen molar-refractivity contribution in [3.63, 3.8) is 0 Å². The molecule has 1 aromatic rings. The number of nitrogens with zero attached hydrogens (tertiary/aromatic N) is 1. The Morgan fingerprint density at radius 2 is 1.91 bits per heavy atom. The molecular weight excluding hydrogens is 348 g/mol. The van der Waals surface area contributed by atoms with Crippen LogP contribution < -0.4 is 10.1 Å². The molecule has 1 heterocycles. The summed E-state index contributed by atoms with van der Waals surface area (Å²) in [6, 6.07) is 3.37. The van der Waals surface area contributed by atoms with E-state index in [1.807, 2.05) is 0 Å². The summed E-state index contributed by atoms with van der Waals surface area (Å²) in [4.78, 5) is 16.9. The number of halogens is 1. The fourth-order valence-corrected chi connectivity index (χ4v) is 3.70. The standard InChI is InChI=1S/C16H21BrN2O3/c1-22-14-9-12(8-13(17)19-14)18-15(20)16(21,10-4-2-5-10)11-6-3-7-11/h8-11,21H,2-7H2,1H3,(H,18,19,20). The highest BCUT2D eigenvalue weighted by atomic mass is 79.9. The Bertz CT molecular complexity index is 557. The number of rotatable bonds is 5. The summed E-state index contributed by atoms with van der Waals surface area (Å²) in [6.07, 6.45) is 5.93. The molecule has 2 aliphatic carbocycles. The second-order valence-corrected chi connectivity index (χ2v) is 7.07. The summed E-state index contributed by atoms with van der Waals surface area (Å²) in [5, 5.41) is 14.0. The van der Waals surface area contributed by atoms with Gasteiger partial charge < -0.3 is 15.2 Å². The monoisotopic (exact) mass is 368 g/mol. The van der Waals surface area contributed by atoms with Gasteiger partial charge >= 0.3 is 0 Å². The summed E-state index contributed by atoms with van der Waals surface area (Å²) < 4.78 is 5.69. The lowest BCUT2D eigenvalue weighted by atomic mass is 9.61. The molecule has 22 heavy (non-hydrogen) atoms. The first kappa shape index (κ1) is 15.7. The van der Waals surface area contributed by atoms with E-state index in [4.69, 9.17) is 4.74 Å². The van der Waals surface area contributed by atoms with Crippen molar-refractivity contribution >= 4 is 27.5 Å². The van der Waals surface area contributed by atoms with Crippen LogP contribution in [0, 0.1) is 11.8 Å². The molecule has 0 aliphatic heterocycles. The van der Waals surface area contributed by atoms with Crippen LogP contribution in [-0.4, -0.2) is 28.7 Å². The Morgan fingerprint density at radius 1 is 1.32 bits per heavy atom. The number of amides is 1. The van der Waals surface area contributed by atoms with E-state index in [0.717, 1.165) is 38.5 Å². The molecule has 5 nitrogen and oxygen atoms in total. The van der Waals surface area contributed by atoms with Crippen molar-refractivity contribution in [3.05, 3.63) is 16.7 Å². The zero-order valence-electron chi connectivity index (χ0n) is 12.6. The predicted molar refractivity (Wildman–Crippen MR) is 86.8 cm³/mol. The third-order valence-electron chi connectivity index (χ3n) is 5.06. The van der Waals surface area contributed by atoms with Crippen LogP contribution in [0.25, 0.3) is 0 Å². The number of ether oxygens (including phenoxy) is 1. The number of methoxy groups -OCH3 is 1. The number of aromatic nitrogens is 1.